The lowest BCUT2D eigenvalue weighted by Gasteiger charge is -2.10. The maximum atomic E-state index is 9.96. The first-order valence-electron chi connectivity index (χ1n) is 5.92. The number of nitrogens with zero attached hydrogens (tertiary/aromatic N) is 1. The summed E-state index contributed by atoms with van der Waals surface area (Å²) in [6, 6.07) is 7.73. The van der Waals surface area contributed by atoms with Gasteiger partial charge in [-0.2, -0.15) is 0 Å². The van der Waals surface area contributed by atoms with E-state index in [2.05, 4.69) is 16.9 Å². The van der Waals surface area contributed by atoms with Gasteiger partial charge in [-0.25, -0.2) is 0 Å². The molecule has 4 N–H and O–H groups in total. The van der Waals surface area contributed by atoms with E-state index in [4.69, 9.17) is 5.73 Å². The van der Waals surface area contributed by atoms with Crippen molar-refractivity contribution in [1.82, 2.24) is 5.32 Å². The van der Waals surface area contributed by atoms with Crippen LogP contribution in [0.4, 0.5) is 0 Å². The van der Waals surface area contributed by atoms with Crippen molar-refractivity contribution in [3.8, 4) is 0 Å². The molecule has 0 saturated heterocycles. The topological polar surface area (TPSA) is 70.6 Å². The molecule has 19 heavy (non-hydrogen) atoms. The summed E-state index contributed by atoms with van der Waals surface area (Å²) in [6.07, 6.45) is -0.630. The van der Waals surface area contributed by atoms with Gasteiger partial charge in [-0.05, 0) is 19.4 Å². The molecule has 0 radical (unpaired) electrons. The number of hydrogen-bond acceptors (Lipinski definition) is 2. The van der Waals surface area contributed by atoms with Crippen molar-refractivity contribution in [3.05, 3.63) is 47.5 Å². The predicted octanol–water partition coefficient (Wildman–Crippen LogP) is 2.13. The number of nitrogens with two attached hydrogens (primary N) is 1. The van der Waals surface area contributed by atoms with Gasteiger partial charge < -0.3 is 16.2 Å². The summed E-state index contributed by atoms with van der Waals surface area (Å²) >= 11 is 0. The number of aliphatic hydroxyl groups is 1. The lowest BCUT2D eigenvalue weighted by atomic mass is 10.1. The molecule has 5 heteroatoms. The van der Waals surface area contributed by atoms with Crippen LogP contribution in [-0.4, -0.2) is 24.2 Å². The number of hydrogen-bond donors (Lipinski definition) is 3. The Morgan fingerprint density at radius 1 is 1.53 bits per heavy atom. The first-order valence-corrected chi connectivity index (χ1v) is 5.92. The third-order valence-corrected chi connectivity index (χ3v) is 2.43. The molecule has 0 saturated carbocycles. The zero-order valence-electron chi connectivity index (χ0n) is 11.4. The average Bonchev–Trinajstić information content (AvgIpc) is 2.33. The van der Waals surface area contributed by atoms with Gasteiger partial charge >= 0.3 is 0 Å². The molecule has 1 rings (SSSR count). The van der Waals surface area contributed by atoms with E-state index < -0.39 is 6.10 Å². The van der Waals surface area contributed by atoms with Gasteiger partial charge in [-0.15, -0.1) is 24.0 Å². The zero-order valence-corrected chi connectivity index (χ0v) is 13.7. The second-order valence-electron chi connectivity index (χ2n) is 4.47. The molecule has 0 amide bonds. The van der Waals surface area contributed by atoms with Crippen LogP contribution >= 0.6 is 24.0 Å². The standard InChI is InChI=1S/C14H21N3O.HI/c1-10(2)8-16-14(15)17-9-13(18)12-6-4-5-11(3)7-12;/h4-7,13,18H,1,8-9H2,2-3H3,(H3,15,16,17);1H. The molecule has 0 spiro atoms. The number of rotatable bonds is 5. The molecule has 0 aliphatic rings. The molecule has 1 atom stereocenters. The summed E-state index contributed by atoms with van der Waals surface area (Å²) in [5, 5.41) is 12.9. The Labute approximate surface area is 131 Å². The first kappa shape index (κ1) is 17.9. The molecule has 0 aliphatic carbocycles. The van der Waals surface area contributed by atoms with Crippen LogP contribution in [0.1, 0.15) is 24.2 Å². The lowest BCUT2D eigenvalue weighted by Crippen LogP contribution is -2.33. The monoisotopic (exact) mass is 375 g/mol. The van der Waals surface area contributed by atoms with Crippen molar-refractivity contribution in [2.45, 2.75) is 20.0 Å². The molecule has 0 heterocycles. The largest absolute Gasteiger partial charge is 0.386 e. The number of nitrogens with one attached hydrogen (secondary N) is 1. The van der Waals surface area contributed by atoms with E-state index in [9.17, 15) is 5.11 Å². The summed E-state index contributed by atoms with van der Waals surface area (Å²) < 4.78 is 0. The van der Waals surface area contributed by atoms with Crippen LogP contribution in [0.25, 0.3) is 0 Å². The predicted molar refractivity (Wildman–Crippen MR) is 90.9 cm³/mol. The minimum Gasteiger partial charge on any atom is -0.386 e. The molecule has 1 aromatic carbocycles. The van der Waals surface area contributed by atoms with Crippen LogP contribution < -0.4 is 11.1 Å². The van der Waals surface area contributed by atoms with E-state index in [-0.39, 0.29) is 30.5 Å². The van der Waals surface area contributed by atoms with Gasteiger partial charge in [0.25, 0.3) is 0 Å². The van der Waals surface area contributed by atoms with Crippen molar-refractivity contribution in [1.29, 1.82) is 0 Å². The molecule has 106 valence electrons. The van der Waals surface area contributed by atoms with Gasteiger partial charge in [0, 0.05) is 6.54 Å². The smallest absolute Gasteiger partial charge is 0.188 e. The highest BCUT2D eigenvalue weighted by atomic mass is 127. The molecule has 1 aromatic rings. The summed E-state index contributed by atoms with van der Waals surface area (Å²) in [5.74, 6) is 0.324. The van der Waals surface area contributed by atoms with Gasteiger partial charge in [0.2, 0.25) is 0 Å². The number of halogens is 1. The average molecular weight is 375 g/mol. The highest BCUT2D eigenvalue weighted by Crippen LogP contribution is 2.14. The van der Waals surface area contributed by atoms with E-state index in [1.165, 1.54) is 0 Å². The Kier molecular flexibility index (Phi) is 8.42. The normalized spacial score (nSPS) is 12.5. The van der Waals surface area contributed by atoms with Crippen molar-refractivity contribution >= 4 is 29.9 Å². The van der Waals surface area contributed by atoms with Crippen molar-refractivity contribution in [3.63, 3.8) is 0 Å². The molecule has 0 aromatic heterocycles. The van der Waals surface area contributed by atoms with Crippen LogP contribution in [0.15, 0.2) is 41.4 Å². The van der Waals surface area contributed by atoms with Gasteiger partial charge in [0.1, 0.15) is 0 Å². The first-order chi connectivity index (χ1) is 8.49. The van der Waals surface area contributed by atoms with Gasteiger partial charge in [0.15, 0.2) is 5.96 Å². The number of aliphatic imine (C=N–C) groups is 1. The van der Waals surface area contributed by atoms with Crippen LogP contribution in [0.5, 0.6) is 0 Å². The summed E-state index contributed by atoms with van der Waals surface area (Å²) in [7, 11) is 0. The van der Waals surface area contributed by atoms with Crippen molar-refractivity contribution in [2.75, 3.05) is 13.1 Å². The number of aryl methyl sites for hydroxylation is 1. The number of aliphatic hydroxyl groups excluding tert-OH is 1. The third-order valence-electron chi connectivity index (χ3n) is 2.43. The maximum absolute atomic E-state index is 9.96. The fourth-order valence-corrected chi connectivity index (χ4v) is 1.46. The van der Waals surface area contributed by atoms with Crippen molar-refractivity contribution < 1.29 is 5.11 Å². The fourth-order valence-electron chi connectivity index (χ4n) is 1.46. The summed E-state index contributed by atoms with van der Waals surface area (Å²) in [6.45, 7) is 8.49. The SMILES string of the molecule is C=C(C)CNC(N)=NCC(O)c1cccc(C)c1.I. The second-order valence-corrected chi connectivity index (χ2v) is 4.47. The van der Waals surface area contributed by atoms with Crippen LogP contribution in [0.3, 0.4) is 0 Å². The third kappa shape index (κ3) is 7.17. The molecule has 4 nitrogen and oxygen atoms in total. The summed E-state index contributed by atoms with van der Waals surface area (Å²) in [5.41, 5.74) is 8.61. The molecular weight excluding hydrogens is 353 g/mol. The van der Waals surface area contributed by atoms with Crippen molar-refractivity contribution in [2.24, 2.45) is 10.7 Å². The van der Waals surface area contributed by atoms with E-state index >= 15 is 0 Å². The molecule has 0 aliphatic heterocycles. The van der Waals surface area contributed by atoms with E-state index in [0.717, 1.165) is 16.7 Å². The molecule has 0 fully saturated rings. The molecule has 1 unspecified atom stereocenters. The highest BCUT2D eigenvalue weighted by molar-refractivity contribution is 14.0. The van der Waals surface area contributed by atoms with E-state index in [1.807, 2.05) is 38.1 Å². The fraction of sp³-hybridized carbons (Fsp3) is 0.357. The summed E-state index contributed by atoms with van der Waals surface area (Å²) in [4.78, 5) is 4.09. The van der Waals surface area contributed by atoms with Crippen LogP contribution in [-0.2, 0) is 0 Å². The zero-order chi connectivity index (χ0) is 13.5. The Bertz CT molecular complexity index is 446. The minimum absolute atomic E-state index is 0. The van der Waals surface area contributed by atoms with Crippen LogP contribution in [0, 0.1) is 6.92 Å². The minimum atomic E-state index is -0.630. The molecular formula is C14H22IN3O. The Morgan fingerprint density at radius 2 is 2.21 bits per heavy atom. The Hall–Kier alpha value is -1.08. The maximum Gasteiger partial charge on any atom is 0.188 e. The van der Waals surface area contributed by atoms with E-state index in [0.29, 0.717) is 12.5 Å². The van der Waals surface area contributed by atoms with Gasteiger partial charge in [-0.1, -0.05) is 42.0 Å². The number of guanidine groups is 1. The highest BCUT2D eigenvalue weighted by Gasteiger charge is 2.06. The Morgan fingerprint density at radius 3 is 2.79 bits per heavy atom. The van der Waals surface area contributed by atoms with E-state index in [1.54, 1.807) is 0 Å². The molecule has 0 bridgehead atoms. The van der Waals surface area contributed by atoms with Gasteiger partial charge in [0.05, 0.1) is 12.6 Å². The second kappa shape index (κ2) is 8.92. The van der Waals surface area contributed by atoms with Crippen LogP contribution in [0.2, 0.25) is 0 Å². The number of benzene rings is 1. The Balaban J connectivity index is 0.00000324. The lowest BCUT2D eigenvalue weighted by molar-refractivity contribution is 0.187. The van der Waals surface area contributed by atoms with Gasteiger partial charge in [-0.3, -0.25) is 4.99 Å². The quantitative estimate of drug-likeness (QED) is 0.320.